The average molecular weight is 191 g/mol. The lowest BCUT2D eigenvalue weighted by Gasteiger charge is -2.21. The molecule has 1 amide bonds. The third-order valence-corrected chi connectivity index (χ3v) is 2.47. The van der Waals surface area contributed by atoms with Crippen LogP contribution in [-0.2, 0) is 4.79 Å². The largest absolute Gasteiger partial charge is 0.397 e. The van der Waals surface area contributed by atoms with Gasteiger partial charge in [-0.1, -0.05) is 0 Å². The molecule has 0 aromatic carbocycles. The summed E-state index contributed by atoms with van der Waals surface area (Å²) in [5, 5.41) is 2.80. The summed E-state index contributed by atoms with van der Waals surface area (Å²) in [6, 6.07) is 3.73. The summed E-state index contributed by atoms with van der Waals surface area (Å²) < 4.78 is 0. The minimum Gasteiger partial charge on any atom is -0.397 e. The highest BCUT2D eigenvalue weighted by Gasteiger charge is 2.21. The van der Waals surface area contributed by atoms with Gasteiger partial charge in [-0.2, -0.15) is 0 Å². The van der Waals surface area contributed by atoms with Gasteiger partial charge in [0.05, 0.1) is 11.9 Å². The van der Waals surface area contributed by atoms with Crippen molar-refractivity contribution in [3.8, 4) is 0 Å². The SMILES string of the molecule is Nc1ccc(C2CCNC(=O)C2)nc1. The molecule has 4 heteroatoms. The number of hydrogen-bond acceptors (Lipinski definition) is 3. The van der Waals surface area contributed by atoms with Crippen LogP contribution in [0, 0.1) is 0 Å². The smallest absolute Gasteiger partial charge is 0.220 e. The highest BCUT2D eigenvalue weighted by molar-refractivity contribution is 5.77. The molecule has 1 atom stereocenters. The molecule has 0 radical (unpaired) electrons. The molecule has 0 aliphatic carbocycles. The summed E-state index contributed by atoms with van der Waals surface area (Å²) in [5.41, 5.74) is 7.17. The van der Waals surface area contributed by atoms with E-state index in [2.05, 4.69) is 10.3 Å². The Bertz CT molecular complexity index is 334. The zero-order valence-corrected chi connectivity index (χ0v) is 7.86. The second-order valence-electron chi connectivity index (χ2n) is 3.56. The number of rotatable bonds is 1. The highest BCUT2D eigenvalue weighted by Crippen LogP contribution is 2.23. The number of pyridine rings is 1. The summed E-state index contributed by atoms with van der Waals surface area (Å²) in [7, 11) is 0. The third-order valence-electron chi connectivity index (χ3n) is 2.47. The maximum atomic E-state index is 11.2. The molecule has 74 valence electrons. The van der Waals surface area contributed by atoms with Crippen molar-refractivity contribution in [3.63, 3.8) is 0 Å². The molecule has 1 aliphatic rings. The number of amides is 1. The summed E-state index contributed by atoms with van der Waals surface area (Å²) in [6.45, 7) is 0.746. The van der Waals surface area contributed by atoms with Gasteiger partial charge in [-0.3, -0.25) is 9.78 Å². The van der Waals surface area contributed by atoms with Gasteiger partial charge < -0.3 is 11.1 Å². The summed E-state index contributed by atoms with van der Waals surface area (Å²) in [5.74, 6) is 0.365. The molecule has 14 heavy (non-hydrogen) atoms. The van der Waals surface area contributed by atoms with Crippen LogP contribution in [0.15, 0.2) is 18.3 Å². The van der Waals surface area contributed by atoms with Gasteiger partial charge in [0.2, 0.25) is 5.91 Å². The van der Waals surface area contributed by atoms with Gasteiger partial charge in [0.25, 0.3) is 0 Å². The molecule has 4 nitrogen and oxygen atoms in total. The molecular formula is C10H13N3O. The van der Waals surface area contributed by atoms with Crippen molar-refractivity contribution in [2.45, 2.75) is 18.8 Å². The minimum absolute atomic E-state index is 0.111. The van der Waals surface area contributed by atoms with Crippen LogP contribution in [0.1, 0.15) is 24.5 Å². The van der Waals surface area contributed by atoms with Gasteiger partial charge in [0.15, 0.2) is 0 Å². The van der Waals surface area contributed by atoms with Gasteiger partial charge in [0, 0.05) is 24.6 Å². The van der Waals surface area contributed by atoms with Crippen molar-refractivity contribution in [3.05, 3.63) is 24.0 Å². The van der Waals surface area contributed by atoms with Crippen molar-refractivity contribution in [1.82, 2.24) is 10.3 Å². The van der Waals surface area contributed by atoms with E-state index in [1.165, 1.54) is 0 Å². The van der Waals surface area contributed by atoms with E-state index in [1.54, 1.807) is 6.20 Å². The number of aromatic nitrogens is 1. The quantitative estimate of drug-likeness (QED) is 0.685. The fourth-order valence-electron chi connectivity index (χ4n) is 1.69. The molecule has 1 saturated heterocycles. The van der Waals surface area contributed by atoms with Crippen LogP contribution in [0.2, 0.25) is 0 Å². The lowest BCUT2D eigenvalue weighted by atomic mass is 9.94. The number of carbonyl (C=O) groups is 1. The van der Waals surface area contributed by atoms with Gasteiger partial charge in [0.1, 0.15) is 0 Å². The van der Waals surface area contributed by atoms with Crippen LogP contribution < -0.4 is 11.1 Å². The predicted octanol–water partition coefficient (Wildman–Crippen LogP) is 0.657. The monoisotopic (exact) mass is 191 g/mol. The highest BCUT2D eigenvalue weighted by atomic mass is 16.1. The van der Waals surface area contributed by atoms with E-state index < -0.39 is 0 Å². The number of anilines is 1. The Labute approximate surface area is 82.5 Å². The topological polar surface area (TPSA) is 68.0 Å². The van der Waals surface area contributed by atoms with Gasteiger partial charge >= 0.3 is 0 Å². The zero-order chi connectivity index (χ0) is 9.97. The van der Waals surface area contributed by atoms with Gasteiger partial charge in [-0.15, -0.1) is 0 Å². The van der Waals surface area contributed by atoms with E-state index >= 15 is 0 Å². The van der Waals surface area contributed by atoms with Crippen LogP contribution >= 0.6 is 0 Å². The lowest BCUT2D eigenvalue weighted by Crippen LogP contribution is -2.32. The standard InChI is InChI=1S/C10H13N3O/c11-8-1-2-9(13-6-8)7-3-4-12-10(14)5-7/h1-2,6-7H,3-5,11H2,(H,12,14). The van der Waals surface area contributed by atoms with E-state index in [0.29, 0.717) is 12.1 Å². The van der Waals surface area contributed by atoms with E-state index in [0.717, 1.165) is 18.7 Å². The molecule has 1 fully saturated rings. The summed E-state index contributed by atoms with van der Waals surface area (Å²) in [6.07, 6.45) is 3.14. The molecule has 0 spiro atoms. The predicted molar refractivity (Wildman–Crippen MR) is 53.6 cm³/mol. The number of nitrogen functional groups attached to an aromatic ring is 1. The Morgan fingerprint density at radius 2 is 2.36 bits per heavy atom. The average Bonchev–Trinajstić information content (AvgIpc) is 2.19. The fourth-order valence-corrected chi connectivity index (χ4v) is 1.69. The number of nitrogens with one attached hydrogen (secondary N) is 1. The van der Waals surface area contributed by atoms with E-state index in [4.69, 9.17) is 5.73 Å². The fraction of sp³-hybridized carbons (Fsp3) is 0.400. The number of nitrogens with two attached hydrogens (primary N) is 1. The molecule has 1 aliphatic heterocycles. The van der Waals surface area contributed by atoms with Crippen LogP contribution in [0.3, 0.4) is 0 Å². The van der Waals surface area contributed by atoms with E-state index in [1.807, 2.05) is 12.1 Å². The Hall–Kier alpha value is -1.58. The molecular weight excluding hydrogens is 178 g/mol. The first-order valence-electron chi connectivity index (χ1n) is 4.74. The maximum Gasteiger partial charge on any atom is 0.220 e. The van der Waals surface area contributed by atoms with Crippen LogP contribution in [0.25, 0.3) is 0 Å². The van der Waals surface area contributed by atoms with E-state index in [-0.39, 0.29) is 11.8 Å². The molecule has 2 heterocycles. The van der Waals surface area contributed by atoms with Crippen molar-refractivity contribution < 1.29 is 4.79 Å². The first-order valence-corrected chi connectivity index (χ1v) is 4.74. The molecule has 3 N–H and O–H groups in total. The molecule has 0 saturated carbocycles. The molecule has 1 unspecified atom stereocenters. The molecule has 0 bridgehead atoms. The second-order valence-corrected chi connectivity index (χ2v) is 3.56. The van der Waals surface area contributed by atoms with Gasteiger partial charge in [-0.05, 0) is 18.6 Å². The minimum atomic E-state index is 0.111. The van der Waals surface area contributed by atoms with Crippen molar-refractivity contribution in [1.29, 1.82) is 0 Å². The van der Waals surface area contributed by atoms with Gasteiger partial charge in [-0.25, -0.2) is 0 Å². The van der Waals surface area contributed by atoms with E-state index in [9.17, 15) is 4.79 Å². The molecule has 1 aromatic heterocycles. The number of hydrogen-bond donors (Lipinski definition) is 2. The Kier molecular flexibility index (Phi) is 2.35. The first kappa shape index (κ1) is 8.99. The van der Waals surface area contributed by atoms with Crippen molar-refractivity contribution >= 4 is 11.6 Å². The molecule has 2 rings (SSSR count). The first-order chi connectivity index (χ1) is 6.75. The number of carbonyl (C=O) groups excluding carboxylic acids is 1. The Morgan fingerprint density at radius 3 is 3.00 bits per heavy atom. The molecule has 1 aromatic rings. The Balaban J connectivity index is 2.14. The normalized spacial score (nSPS) is 21.7. The van der Waals surface area contributed by atoms with Crippen LogP contribution in [-0.4, -0.2) is 17.4 Å². The van der Waals surface area contributed by atoms with Crippen LogP contribution in [0.5, 0.6) is 0 Å². The summed E-state index contributed by atoms with van der Waals surface area (Å²) in [4.78, 5) is 15.4. The second kappa shape index (κ2) is 3.65. The summed E-state index contributed by atoms with van der Waals surface area (Å²) >= 11 is 0. The maximum absolute atomic E-state index is 11.2. The van der Waals surface area contributed by atoms with Crippen molar-refractivity contribution in [2.24, 2.45) is 0 Å². The van der Waals surface area contributed by atoms with Crippen LogP contribution in [0.4, 0.5) is 5.69 Å². The zero-order valence-electron chi connectivity index (χ0n) is 7.86. The lowest BCUT2D eigenvalue weighted by molar-refractivity contribution is -0.122. The third kappa shape index (κ3) is 1.84. The number of nitrogens with zero attached hydrogens (tertiary/aromatic N) is 1. The van der Waals surface area contributed by atoms with Crippen molar-refractivity contribution in [2.75, 3.05) is 12.3 Å². The Morgan fingerprint density at radius 1 is 1.50 bits per heavy atom. The number of piperidine rings is 1.